The zero-order chi connectivity index (χ0) is 26.0. The van der Waals surface area contributed by atoms with Crippen LogP contribution in [0.15, 0.2) is 36.2 Å². The third-order valence-electron chi connectivity index (χ3n) is 5.20. The molecule has 35 heavy (non-hydrogen) atoms. The number of Topliss-reactive ketones (excluding diaryl/α,β-unsaturated/α-hetero) is 1. The van der Waals surface area contributed by atoms with Crippen molar-refractivity contribution in [3.63, 3.8) is 0 Å². The number of alkyl halides is 3. The van der Waals surface area contributed by atoms with Crippen LogP contribution in [0.5, 0.6) is 5.88 Å². The number of fused-ring (bicyclic) bond motifs is 1. The molecule has 2 aromatic heterocycles. The van der Waals surface area contributed by atoms with Crippen molar-refractivity contribution < 1.29 is 32.2 Å². The summed E-state index contributed by atoms with van der Waals surface area (Å²) in [5.41, 5.74) is 6.44. The molecule has 0 atom stereocenters. The molecule has 188 valence electrons. The summed E-state index contributed by atoms with van der Waals surface area (Å²) in [5.74, 6) is -0.139. The fraction of sp³-hybridized carbons (Fsp3) is 0.417. The topological polar surface area (TPSA) is 108 Å². The number of carbonyl (C=O) groups excluding carboxylic acids is 2. The first-order valence-corrected chi connectivity index (χ1v) is 10.9. The molecule has 1 amide bonds. The molecule has 8 nitrogen and oxygen atoms in total. The smallest absolute Gasteiger partial charge is 0.433 e. The van der Waals surface area contributed by atoms with Gasteiger partial charge in [-0.15, -0.1) is 0 Å². The van der Waals surface area contributed by atoms with Gasteiger partial charge in [0.2, 0.25) is 5.88 Å². The molecule has 0 aromatic carbocycles. The van der Waals surface area contributed by atoms with Gasteiger partial charge >= 0.3 is 12.3 Å². The third-order valence-corrected chi connectivity index (χ3v) is 5.20. The fourth-order valence-electron chi connectivity index (χ4n) is 3.39. The SMILES string of the molecule is CC(=O)/C(COc1cc2c(cn1)CN(C(=O)OC(C)(C)C)CC2)=C(\N)c1ccc(C(F)(F)F)nc1. The number of nitrogens with zero attached hydrogens (tertiary/aromatic N) is 3. The van der Waals surface area contributed by atoms with E-state index in [2.05, 4.69) is 9.97 Å². The van der Waals surface area contributed by atoms with Crippen molar-refractivity contribution in [2.24, 2.45) is 5.73 Å². The number of rotatable bonds is 5. The highest BCUT2D eigenvalue weighted by molar-refractivity contribution is 6.00. The molecule has 1 aliphatic heterocycles. The van der Waals surface area contributed by atoms with Gasteiger partial charge in [-0.05, 0) is 57.4 Å². The third kappa shape index (κ3) is 6.71. The lowest BCUT2D eigenvalue weighted by Gasteiger charge is -2.31. The monoisotopic (exact) mass is 492 g/mol. The molecule has 0 unspecified atom stereocenters. The molecule has 1 aliphatic rings. The number of ether oxygens (including phenoxy) is 2. The fourth-order valence-corrected chi connectivity index (χ4v) is 3.39. The first kappa shape index (κ1) is 26.0. The highest BCUT2D eigenvalue weighted by Crippen LogP contribution is 2.28. The molecule has 2 aromatic rings. The average molecular weight is 492 g/mol. The van der Waals surface area contributed by atoms with E-state index in [0.29, 0.717) is 19.5 Å². The van der Waals surface area contributed by atoms with E-state index in [-0.39, 0.29) is 29.3 Å². The van der Waals surface area contributed by atoms with Crippen molar-refractivity contribution in [3.05, 3.63) is 58.6 Å². The average Bonchev–Trinajstić information content (AvgIpc) is 2.76. The van der Waals surface area contributed by atoms with Gasteiger partial charge in [-0.1, -0.05) is 0 Å². The number of hydrogen-bond acceptors (Lipinski definition) is 7. The zero-order valence-electron chi connectivity index (χ0n) is 19.9. The number of halogens is 3. The Kier molecular flexibility index (Phi) is 7.37. The standard InChI is InChI=1S/C24H27F3N4O4/c1-14(32)18(21(28)16-5-6-19(29-10-16)24(25,26)27)13-34-20-9-15-7-8-31(12-17(15)11-30-20)22(33)35-23(2,3)4/h5-6,9-11H,7-8,12-13,28H2,1-4H3/b21-18-. The van der Waals surface area contributed by atoms with Crippen molar-refractivity contribution in [2.75, 3.05) is 13.2 Å². The molecule has 11 heteroatoms. The minimum absolute atomic E-state index is 0.0234. The number of ketones is 1. The zero-order valence-corrected chi connectivity index (χ0v) is 19.9. The number of pyridine rings is 2. The van der Waals surface area contributed by atoms with Crippen LogP contribution >= 0.6 is 0 Å². The summed E-state index contributed by atoms with van der Waals surface area (Å²) >= 11 is 0. The second-order valence-corrected chi connectivity index (χ2v) is 9.11. The Balaban J connectivity index is 1.71. The Morgan fingerprint density at radius 1 is 1.11 bits per heavy atom. The Labute approximate surface area is 200 Å². The minimum atomic E-state index is -4.58. The molecule has 0 bridgehead atoms. The van der Waals surface area contributed by atoms with Crippen LogP contribution < -0.4 is 10.5 Å². The van der Waals surface area contributed by atoms with Crippen LogP contribution in [0, 0.1) is 0 Å². The van der Waals surface area contributed by atoms with E-state index in [1.54, 1.807) is 37.9 Å². The molecule has 0 saturated heterocycles. The Hall–Kier alpha value is -3.63. The quantitative estimate of drug-likeness (QED) is 0.626. The van der Waals surface area contributed by atoms with Crippen LogP contribution in [0.4, 0.5) is 18.0 Å². The minimum Gasteiger partial charge on any atom is -0.473 e. The van der Waals surface area contributed by atoms with Crippen LogP contribution in [-0.4, -0.2) is 45.5 Å². The highest BCUT2D eigenvalue weighted by Gasteiger charge is 2.32. The van der Waals surface area contributed by atoms with Crippen molar-refractivity contribution in [3.8, 4) is 5.88 Å². The van der Waals surface area contributed by atoms with Gasteiger partial charge < -0.3 is 20.1 Å². The van der Waals surface area contributed by atoms with E-state index >= 15 is 0 Å². The summed E-state index contributed by atoms with van der Waals surface area (Å²) in [6, 6.07) is 3.68. The molecule has 3 rings (SSSR count). The van der Waals surface area contributed by atoms with Crippen LogP contribution in [0.3, 0.4) is 0 Å². The maximum absolute atomic E-state index is 12.7. The van der Waals surface area contributed by atoms with E-state index in [0.717, 1.165) is 29.5 Å². The molecular weight excluding hydrogens is 465 g/mol. The van der Waals surface area contributed by atoms with Gasteiger partial charge in [-0.2, -0.15) is 13.2 Å². The van der Waals surface area contributed by atoms with E-state index in [1.165, 1.54) is 6.92 Å². The van der Waals surface area contributed by atoms with Gasteiger partial charge in [0.25, 0.3) is 0 Å². The molecular formula is C24H27F3N4O4. The van der Waals surface area contributed by atoms with E-state index in [4.69, 9.17) is 15.2 Å². The lowest BCUT2D eigenvalue weighted by molar-refractivity contribution is -0.141. The normalized spacial score (nSPS) is 14.7. The van der Waals surface area contributed by atoms with E-state index in [1.807, 2.05) is 0 Å². The summed E-state index contributed by atoms with van der Waals surface area (Å²) < 4.78 is 49.3. The first-order valence-electron chi connectivity index (χ1n) is 10.9. The highest BCUT2D eigenvalue weighted by atomic mass is 19.4. The van der Waals surface area contributed by atoms with Crippen molar-refractivity contribution in [1.82, 2.24) is 14.9 Å². The van der Waals surface area contributed by atoms with Crippen molar-refractivity contribution >= 4 is 17.6 Å². The second kappa shape index (κ2) is 9.93. The lowest BCUT2D eigenvalue weighted by atomic mass is 10.0. The van der Waals surface area contributed by atoms with Crippen LogP contribution in [0.25, 0.3) is 5.70 Å². The Morgan fingerprint density at radius 2 is 1.83 bits per heavy atom. The van der Waals surface area contributed by atoms with Crippen LogP contribution in [0.1, 0.15) is 50.1 Å². The molecule has 0 aliphatic carbocycles. The number of nitrogens with two attached hydrogens (primary N) is 1. The molecule has 0 spiro atoms. The maximum Gasteiger partial charge on any atom is 0.433 e. The van der Waals surface area contributed by atoms with Gasteiger partial charge in [-0.3, -0.25) is 9.78 Å². The molecule has 2 N–H and O–H groups in total. The van der Waals surface area contributed by atoms with Gasteiger partial charge in [0.05, 0.1) is 17.8 Å². The van der Waals surface area contributed by atoms with Gasteiger partial charge in [0.15, 0.2) is 5.78 Å². The van der Waals surface area contributed by atoms with Crippen LogP contribution in [0.2, 0.25) is 0 Å². The van der Waals surface area contributed by atoms with Crippen molar-refractivity contribution in [1.29, 1.82) is 0 Å². The number of aromatic nitrogens is 2. The first-order chi connectivity index (χ1) is 16.2. The summed E-state index contributed by atoms with van der Waals surface area (Å²) in [7, 11) is 0. The number of hydrogen-bond donors (Lipinski definition) is 1. The van der Waals surface area contributed by atoms with Gasteiger partial charge in [0, 0.05) is 30.6 Å². The molecule has 0 fully saturated rings. The maximum atomic E-state index is 12.7. The summed E-state index contributed by atoms with van der Waals surface area (Å²) in [6.07, 6.45) is -1.84. The van der Waals surface area contributed by atoms with Crippen LogP contribution in [-0.2, 0) is 28.7 Å². The number of carbonyl (C=O) groups is 2. The molecule has 0 saturated carbocycles. The van der Waals surface area contributed by atoms with Crippen molar-refractivity contribution in [2.45, 2.75) is 52.4 Å². The van der Waals surface area contributed by atoms with Gasteiger partial charge in [0.1, 0.15) is 17.9 Å². The van der Waals surface area contributed by atoms with Gasteiger partial charge in [-0.25, -0.2) is 9.78 Å². The molecule has 0 radical (unpaired) electrons. The van der Waals surface area contributed by atoms with E-state index < -0.39 is 29.3 Å². The lowest BCUT2D eigenvalue weighted by Crippen LogP contribution is -2.39. The second-order valence-electron chi connectivity index (χ2n) is 9.11. The summed E-state index contributed by atoms with van der Waals surface area (Å²) in [6.45, 7) is 7.30. The summed E-state index contributed by atoms with van der Waals surface area (Å²) in [4.78, 5) is 33.7. The predicted octanol–water partition coefficient (Wildman–Crippen LogP) is 4.13. The Bertz CT molecular complexity index is 1140. The summed E-state index contributed by atoms with van der Waals surface area (Å²) in [5, 5.41) is 0. The van der Waals surface area contributed by atoms with E-state index in [9.17, 15) is 22.8 Å². The Morgan fingerprint density at radius 3 is 2.40 bits per heavy atom. The molecule has 3 heterocycles. The number of amides is 1. The predicted molar refractivity (Wildman–Crippen MR) is 121 cm³/mol. The largest absolute Gasteiger partial charge is 0.473 e.